The number of nitrogens with one attached hydrogen (secondary N) is 1. The van der Waals surface area contributed by atoms with E-state index in [2.05, 4.69) is 33.4 Å². The van der Waals surface area contributed by atoms with E-state index >= 15 is 0 Å². The third-order valence-electron chi connectivity index (χ3n) is 7.49. The van der Waals surface area contributed by atoms with Crippen LogP contribution in [-0.2, 0) is 38.1 Å². The molecule has 0 amide bonds. The molecule has 59 heavy (non-hydrogen) atoms. The first-order valence-electron chi connectivity index (χ1n) is 17.2. The number of carbonyl (C=O) groups is 6. The Morgan fingerprint density at radius 3 is 1.93 bits per heavy atom. The van der Waals surface area contributed by atoms with Gasteiger partial charge in [0.05, 0.1) is 27.6 Å². The average molecular weight is 816 g/mol. The normalized spacial score (nSPS) is 11.0. The number of anilines is 1. The van der Waals surface area contributed by atoms with Gasteiger partial charge in [-0.1, -0.05) is 60.9 Å². The van der Waals surface area contributed by atoms with Crippen LogP contribution in [0.25, 0.3) is 22.4 Å². The van der Waals surface area contributed by atoms with Crippen LogP contribution in [0.4, 0.5) is 5.13 Å². The number of para-hydroxylation sites is 1. The molecular weight excluding hydrogens is 783 g/mol. The summed E-state index contributed by atoms with van der Waals surface area (Å²) in [5.74, 6) is -3.71. The van der Waals surface area contributed by atoms with Gasteiger partial charge in [-0.3, -0.25) is 10.2 Å². The highest BCUT2D eigenvalue weighted by molar-refractivity contribution is 7.22. The molecule has 0 radical (unpaired) electrons. The molecule has 0 aliphatic heterocycles. The van der Waals surface area contributed by atoms with Crippen molar-refractivity contribution in [1.82, 2.24) is 4.98 Å². The lowest BCUT2D eigenvalue weighted by atomic mass is 10.1. The number of hydrogen-bond donors (Lipinski definition) is 1. The highest BCUT2D eigenvalue weighted by Crippen LogP contribution is 2.27. The smallest absolute Gasteiger partial charge is 0.343 e. The van der Waals surface area contributed by atoms with E-state index in [0.717, 1.165) is 28.4 Å². The van der Waals surface area contributed by atoms with Crippen molar-refractivity contribution in [2.75, 3.05) is 25.6 Å². The molecule has 1 aromatic heterocycles. The molecule has 0 atom stereocenters. The van der Waals surface area contributed by atoms with Gasteiger partial charge in [0.1, 0.15) is 18.1 Å². The molecule has 0 bridgehead atoms. The van der Waals surface area contributed by atoms with E-state index in [1.807, 2.05) is 24.3 Å². The molecule has 15 nitrogen and oxygen atoms in total. The van der Waals surface area contributed by atoms with E-state index < -0.39 is 43.4 Å². The van der Waals surface area contributed by atoms with E-state index in [1.54, 1.807) is 24.3 Å². The number of fused-ring (bicyclic) bond motifs is 1. The Kier molecular flexibility index (Phi) is 15.4. The van der Waals surface area contributed by atoms with Crippen LogP contribution in [0.5, 0.6) is 11.5 Å². The van der Waals surface area contributed by atoms with Crippen LogP contribution in [0, 0.1) is 0 Å². The van der Waals surface area contributed by atoms with Crippen LogP contribution in [0.2, 0.25) is 0 Å². The number of nitrogens with zero attached hydrogens (tertiary/aromatic N) is 2. The quantitative estimate of drug-likeness (QED) is 0.0176. The molecule has 0 saturated heterocycles. The van der Waals surface area contributed by atoms with Crippen molar-refractivity contribution < 1.29 is 57.2 Å². The number of hydrogen-bond acceptors (Lipinski definition) is 16. The predicted octanol–water partition coefficient (Wildman–Crippen LogP) is 6.71. The zero-order valence-electron chi connectivity index (χ0n) is 30.9. The maximum absolute atomic E-state index is 13.2. The third-order valence-corrected chi connectivity index (χ3v) is 8.44. The molecule has 1 heterocycles. The number of thiazole rings is 1. The topological polar surface area (TPSA) is 195 Å². The Morgan fingerprint density at radius 2 is 1.31 bits per heavy atom. The van der Waals surface area contributed by atoms with Crippen molar-refractivity contribution in [3.63, 3.8) is 0 Å². The van der Waals surface area contributed by atoms with E-state index in [9.17, 15) is 28.8 Å². The number of rotatable bonds is 19. The second-order valence-electron chi connectivity index (χ2n) is 11.6. The largest absolute Gasteiger partial charge is 0.435 e. The molecule has 4 aromatic carbocycles. The van der Waals surface area contributed by atoms with Crippen LogP contribution in [0.1, 0.15) is 37.4 Å². The standard InChI is InChI=1S/C43H33N3O12S/c1-3-33(47)25-53-26-54-39(49)21-13-28-9-15-30(16-10-28)41(51)57-34-19-20-36(32(23-34)24-44-46-43-45-35-7-5-6-8-37(35)59-43)58-42(52)31-17-11-29(12-18-31)14-22-40(50)56-27-55-38(48)4-2/h3-24H,1-2,25-27H2,(H,45,46)/b21-13+,22-14+,44-24+. The predicted molar refractivity (Wildman–Crippen MR) is 218 cm³/mol. The number of ether oxygens (including phenoxy) is 6. The minimum Gasteiger partial charge on any atom is -0.435 e. The zero-order valence-corrected chi connectivity index (χ0v) is 31.8. The van der Waals surface area contributed by atoms with Gasteiger partial charge in [0.25, 0.3) is 0 Å². The molecule has 5 aromatic rings. The summed E-state index contributed by atoms with van der Waals surface area (Å²) in [5.41, 5.74) is 5.49. The lowest BCUT2D eigenvalue weighted by molar-refractivity contribution is -0.160. The molecule has 16 heteroatoms. The first-order valence-corrected chi connectivity index (χ1v) is 18.1. The summed E-state index contributed by atoms with van der Waals surface area (Å²) in [5, 5.41) is 4.80. The Labute approximate surface area is 340 Å². The van der Waals surface area contributed by atoms with E-state index in [1.165, 1.54) is 78.2 Å². The number of aromatic nitrogens is 1. The molecule has 5 rings (SSSR count). The Morgan fingerprint density at radius 1 is 0.695 bits per heavy atom. The van der Waals surface area contributed by atoms with Gasteiger partial charge in [0.15, 0.2) is 12.6 Å². The summed E-state index contributed by atoms with van der Waals surface area (Å²) in [7, 11) is 0. The summed E-state index contributed by atoms with van der Waals surface area (Å²) in [6.45, 7) is 5.34. The summed E-state index contributed by atoms with van der Waals surface area (Å²) >= 11 is 1.39. The second kappa shape index (κ2) is 21.5. The van der Waals surface area contributed by atoms with Crippen molar-refractivity contribution in [1.29, 1.82) is 0 Å². The minimum atomic E-state index is -0.752. The molecule has 0 fully saturated rings. The second-order valence-corrected chi connectivity index (χ2v) is 12.6. The van der Waals surface area contributed by atoms with Gasteiger partial charge in [-0.15, -0.1) is 0 Å². The first kappa shape index (κ1) is 42.3. The van der Waals surface area contributed by atoms with Crippen molar-refractivity contribution >= 4 is 80.7 Å². The average Bonchev–Trinajstić information content (AvgIpc) is 3.67. The Balaban J connectivity index is 1.24. The molecule has 0 spiro atoms. The molecule has 298 valence electrons. The third kappa shape index (κ3) is 13.4. The molecule has 1 N–H and O–H groups in total. The SMILES string of the molecule is C=CC(=O)COCOC(=O)/C=C/c1ccc(C(=O)Oc2ccc(OC(=O)c3ccc(/C=C/C(=O)OCOC(=O)C=C)cc3)c(/C=N/Nc3nc4ccccc4s3)c2)cc1. The van der Waals surface area contributed by atoms with Gasteiger partial charge < -0.3 is 28.4 Å². The monoisotopic (exact) mass is 815 g/mol. The Hall–Kier alpha value is -7.82. The first-order chi connectivity index (χ1) is 28.6. The van der Waals surface area contributed by atoms with Gasteiger partial charge in [0, 0.05) is 23.8 Å². The van der Waals surface area contributed by atoms with Crippen LogP contribution in [0.3, 0.4) is 0 Å². The van der Waals surface area contributed by atoms with Gasteiger partial charge in [-0.2, -0.15) is 5.10 Å². The number of benzene rings is 4. The van der Waals surface area contributed by atoms with E-state index in [4.69, 9.17) is 23.7 Å². The van der Waals surface area contributed by atoms with E-state index in [-0.39, 0.29) is 40.6 Å². The number of carbonyl (C=O) groups excluding carboxylic acids is 6. The maximum atomic E-state index is 13.2. The van der Waals surface area contributed by atoms with Crippen LogP contribution in [0.15, 0.2) is 134 Å². The van der Waals surface area contributed by atoms with Crippen molar-refractivity contribution in [3.8, 4) is 11.5 Å². The van der Waals surface area contributed by atoms with Crippen molar-refractivity contribution in [3.05, 3.63) is 156 Å². The highest BCUT2D eigenvalue weighted by Gasteiger charge is 2.15. The number of hydrazone groups is 1. The molecule has 0 aliphatic carbocycles. The summed E-state index contributed by atoms with van der Waals surface area (Å²) in [4.78, 5) is 76.8. The fraction of sp³-hybridized carbons (Fsp3) is 0.0698. The van der Waals surface area contributed by atoms with Gasteiger partial charge in [-0.25, -0.2) is 29.0 Å². The minimum absolute atomic E-state index is 0.0972. The van der Waals surface area contributed by atoms with Crippen molar-refractivity contribution in [2.45, 2.75) is 0 Å². The van der Waals surface area contributed by atoms with Crippen LogP contribution in [-0.4, -0.2) is 67.0 Å². The fourth-order valence-electron chi connectivity index (χ4n) is 4.58. The number of ketones is 1. The molecule has 0 unspecified atom stereocenters. The van der Waals surface area contributed by atoms with Crippen LogP contribution >= 0.6 is 11.3 Å². The maximum Gasteiger partial charge on any atom is 0.343 e. The molecule has 0 aliphatic rings. The number of esters is 5. The van der Waals surface area contributed by atoms with Crippen molar-refractivity contribution in [2.24, 2.45) is 5.10 Å². The highest BCUT2D eigenvalue weighted by atomic mass is 32.1. The zero-order chi connectivity index (χ0) is 42.0. The summed E-state index contributed by atoms with van der Waals surface area (Å²) in [6.07, 6.45) is 8.63. The van der Waals surface area contributed by atoms with E-state index in [0.29, 0.717) is 16.3 Å². The van der Waals surface area contributed by atoms with Crippen LogP contribution < -0.4 is 14.9 Å². The van der Waals surface area contributed by atoms with Gasteiger partial charge in [-0.05, 0) is 84.0 Å². The molecular formula is C43H33N3O12S. The summed E-state index contributed by atoms with van der Waals surface area (Å²) < 4.78 is 31.4. The van der Waals surface area contributed by atoms with Gasteiger partial charge in [0.2, 0.25) is 11.9 Å². The molecule has 0 saturated carbocycles. The lowest BCUT2D eigenvalue weighted by Gasteiger charge is -2.10. The van der Waals surface area contributed by atoms with Gasteiger partial charge >= 0.3 is 29.8 Å². The lowest BCUT2D eigenvalue weighted by Crippen LogP contribution is -2.11. The Bertz CT molecular complexity index is 2420. The summed E-state index contributed by atoms with van der Waals surface area (Å²) in [6, 6.07) is 24.3. The fourth-order valence-corrected chi connectivity index (χ4v) is 5.39.